The van der Waals surface area contributed by atoms with Gasteiger partial charge in [0, 0.05) is 31.9 Å². The van der Waals surface area contributed by atoms with Gasteiger partial charge >= 0.3 is 12.6 Å². The summed E-state index contributed by atoms with van der Waals surface area (Å²) < 4.78 is 28.4. The number of rotatable bonds is 7. The summed E-state index contributed by atoms with van der Waals surface area (Å²) in [6.07, 6.45) is -0.190. The Morgan fingerprint density at radius 1 is 1.25 bits per heavy atom. The van der Waals surface area contributed by atoms with Crippen molar-refractivity contribution in [3.8, 4) is 5.75 Å². The summed E-state index contributed by atoms with van der Waals surface area (Å²) in [6.45, 7) is -0.442. The molecule has 0 spiro atoms. The summed E-state index contributed by atoms with van der Waals surface area (Å²) in [4.78, 5) is 25.2. The van der Waals surface area contributed by atoms with E-state index in [0.717, 1.165) is 0 Å². The zero-order valence-electron chi connectivity index (χ0n) is 12.9. The zero-order valence-corrected chi connectivity index (χ0v) is 12.9. The lowest BCUT2D eigenvalue weighted by Crippen LogP contribution is -2.52. The van der Waals surface area contributed by atoms with E-state index in [4.69, 9.17) is 0 Å². The molecule has 1 heterocycles. The maximum Gasteiger partial charge on any atom is 0.387 e. The summed E-state index contributed by atoms with van der Waals surface area (Å²) in [7, 11) is 0. The first-order valence-corrected chi connectivity index (χ1v) is 7.48. The van der Waals surface area contributed by atoms with Crippen molar-refractivity contribution in [3.05, 3.63) is 24.3 Å². The molecule has 7 nitrogen and oxygen atoms in total. The quantitative estimate of drug-likeness (QED) is 0.684. The van der Waals surface area contributed by atoms with Gasteiger partial charge in [0.15, 0.2) is 0 Å². The van der Waals surface area contributed by atoms with Crippen molar-refractivity contribution in [2.24, 2.45) is 0 Å². The van der Waals surface area contributed by atoms with Crippen molar-refractivity contribution in [3.63, 3.8) is 0 Å². The normalized spacial score (nSPS) is 16.6. The van der Waals surface area contributed by atoms with Gasteiger partial charge in [0.1, 0.15) is 11.8 Å². The number of ether oxygens (including phenoxy) is 1. The Balaban J connectivity index is 1.91. The first-order valence-electron chi connectivity index (χ1n) is 7.48. The number of alkyl halides is 2. The van der Waals surface area contributed by atoms with Crippen LogP contribution in [0.3, 0.4) is 0 Å². The number of carboxylic acids is 1. The molecule has 0 aliphatic carbocycles. The molecular formula is C15H19F2N3O4. The maximum atomic E-state index is 12.1. The number of carbonyl (C=O) groups is 2. The highest BCUT2D eigenvalue weighted by Crippen LogP contribution is 2.18. The highest BCUT2D eigenvalue weighted by atomic mass is 19.3. The SMILES string of the molecule is O=C(CC(C(=O)O)N1CCNCC1)Nc1ccc(OC(F)F)cc1. The molecule has 132 valence electrons. The Morgan fingerprint density at radius 2 is 1.88 bits per heavy atom. The van der Waals surface area contributed by atoms with Crippen LogP contribution >= 0.6 is 0 Å². The van der Waals surface area contributed by atoms with Gasteiger partial charge in [-0.25, -0.2) is 0 Å². The van der Waals surface area contributed by atoms with E-state index in [9.17, 15) is 23.5 Å². The molecule has 0 aromatic heterocycles. The number of amides is 1. The number of piperazine rings is 1. The van der Waals surface area contributed by atoms with Gasteiger partial charge in [-0.15, -0.1) is 0 Å². The maximum absolute atomic E-state index is 12.1. The van der Waals surface area contributed by atoms with E-state index in [-0.39, 0.29) is 12.2 Å². The lowest BCUT2D eigenvalue weighted by atomic mass is 10.1. The Morgan fingerprint density at radius 3 is 2.42 bits per heavy atom. The monoisotopic (exact) mass is 343 g/mol. The van der Waals surface area contributed by atoms with E-state index in [2.05, 4.69) is 15.4 Å². The molecule has 9 heteroatoms. The van der Waals surface area contributed by atoms with Gasteiger partial charge in [-0.2, -0.15) is 8.78 Å². The van der Waals surface area contributed by atoms with Crippen LogP contribution in [0, 0.1) is 0 Å². The topological polar surface area (TPSA) is 90.9 Å². The Hall–Kier alpha value is -2.26. The van der Waals surface area contributed by atoms with Gasteiger partial charge in [-0.3, -0.25) is 14.5 Å². The van der Waals surface area contributed by atoms with Crippen molar-refractivity contribution in [2.45, 2.75) is 19.1 Å². The van der Waals surface area contributed by atoms with Crippen LogP contribution in [0.1, 0.15) is 6.42 Å². The lowest BCUT2D eigenvalue weighted by Gasteiger charge is -2.32. The number of hydrogen-bond acceptors (Lipinski definition) is 5. The molecule has 0 saturated carbocycles. The molecular weight excluding hydrogens is 324 g/mol. The summed E-state index contributed by atoms with van der Waals surface area (Å²) in [5.74, 6) is -1.52. The van der Waals surface area contributed by atoms with Gasteiger partial charge in [-0.05, 0) is 24.3 Å². The van der Waals surface area contributed by atoms with Crippen molar-refractivity contribution < 1.29 is 28.2 Å². The molecule has 1 aliphatic heterocycles. The van der Waals surface area contributed by atoms with E-state index < -0.39 is 24.5 Å². The number of hydrogen-bond donors (Lipinski definition) is 3. The largest absolute Gasteiger partial charge is 0.480 e. The minimum atomic E-state index is -2.92. The van der Waals surface area contributed by atoms with Gasteiger partial charge in [0.05, 0.1) is 6.42 Å². The van der Waals surface area contributed by atoms with Crippen LogP contribution in [-0.4, -0.2) is 60.7 Å². The van der Waals surface area contributed by atoms with Crippen molar-refractivity contribution in [1.29, 1.82) is 0 Å². The number of nitrogens with one attached hydrogen (secondary N) is 2. The average molecular weight is 343 g/mol. The second-order valence-corrected chi connectivity index (χ2v) is 5.30. The Labute approximate surface area is 137 Å². The van der Waals surface area contributed by atoms with Gasteiger partial charge in [-0.1, -0.05) is 0 Å². The molecule has 1 amide bonds. The van der Waals surface area contributed by atoms with Gasteiger partial charge in [0.25, 0.3) is 0 Å². The summed E-state index contributed by atoms with van der Waals surface area (Å²) in [5, 5.41) is 15.0. The molecule has 1 saturated heterocycles. The molecule has 0 radical (unpaired) electrons. The standard InChI is InChI=1S/C15H19F2N3O4/c16-15(17)24-11-3-1-10(2-4-11)19-13(21)9-12(14(22)23)20-7-5-18-6-8-20/h1-4,12,15,18H,5-9H2,(H,19,21)(H,22,23). The fraction of sp³-hybridized carbons (Fsp3) is 0.467. The third-order valence-corrected chi connectivity index (χ3v) is 3.62. The Bertz CT molecular complexity index is 562. The predicted octanol–water partition coefficient (Wildman–Crippen LogP) is 0.975. The molecule has 1 aromatic carbocycles. The number of carboxylic acid groups (broad SMARTS) is 1. The number of aliphatic carboxylic acids is 1. The van der Waals surface area contributed by atoms with Crippen molar-refractivity contribution >= 4 is 17.6 Å². The number of carbonyl (C=O) groups excluding carboxylic acids is 1. The van der Waals surface area contributed by atoms with Crippen LogP contribution in [0.15, 0.2) is 24.3 Å². The van der Waals surface area contributed by atoms with Crippen LogP contribution in [0.4, 0.5) is 14.5 Å². The van der Waals surface area contributed by atoms with E-state index >= 15 is 0 Å². The van der Waals surface area contributed by atoms with Crippen LogP contribution in [-0.2, 0) is 9.59 Å². The van der Waals surface area contributed by atoms with Crippen LogP contribution in [0.5, 0.6) is 5.75 Å². The minimum absolute atomic E-state index is 0.0211. The smallest absolute Gasteiger partial charge is 0.387 e. The first kappa shape index (κ1) is 18.1. The number of anilines is 1. The van der Waals surface area contributed by atoms with Gasteiger partial charge in [0.2, 0.25) is 5.91 Å². The van der Waals surface area contributed by atoms with Crippen LogP contribution in [0.2, 0.25) is 0 Å². The van der Waals surface area contributed by atoms with Crippen LogP contribution < -0.4 is 15.4 Å². The molecule has 0 bridgehead atoms. The average Bonchev–Trinajstić information content (AvgIpc) is 2.54. The highest BCUT2D eigenvalue weighted by Gasteiger charge is 2.29. The van der Waals surface area contributed by atoms with E-state index in [1.54, 1.807) is 4.90 Å². The lowest BCUT2D eigenvalue weighted by molar-refractivity contribution is -0.145. The first-order chi connectivity index (χ1) is 11.5. The number of halogens is 2. The zero-order chi connectivity index (χ0) is 17.5. The van der Waals surface area contributed by atoms with Gasteiger partial charge < -0.3 is 20.5 Å². The van der Waals surface area contributed by atoms with E-state index in [1.165, 1.54) is 24.3 Å². The minimum Gasteiger partial charge on any atom is -0.480 e. The van der Waals surface area contributed by atoms with E-state index in [1.807, 2.05) is 0 Å². The molecule has 1 aromatic rings. The molecule has 3 N–H and O–H groups in total. The molecule has 24 heavy (non-hydrogen) atoms. The molecule has 1 unspecified atom stereocenters. The third kappa shape index (κ3) is 5.43. The Kier molecular flexibility index (Phi) is 6.44. The molecule has 2 rings (SSSR count). The number of nitrogens with zero attached hydrogens (tertiary/aromatic N) is 1. The third-order valence-electron chi connectivity index (χ3n) is 3.62. The van der Waals surface area contributed by atoms with Crippen molar-refractivity contribution in [2.75, 3.05) is 31.5 Å². The van der Waals surface area contributed by atoms with Crippen LogP contribution in [0.25, 0.3) is 0 Å². The second-order valence-electron chi connectivity index (χ2n) is 5.30. The van der Waals surface area contributed by atoms with Crippen molar-refractivity contribution in [1.82, 2.24) is 10.2 Å². The molecule has 1 fully saturated rings. The summed E-state index contributed by atoms with van der Waals surface area (Å²) in [5.41, 5.74) is 0.381. The summed E-state index contributed by atoms with van der Waals surface area (Å²) in [6, 6.07) is 4.53. The fourth-order valence-corrected chi connectivity index (χ4v) is 2.47. The molecule has 1 atom stereocenters. The second kappa shape index (κ2) is 8.55. The number of benzene rings is 1. The predicted molar refractivity (Wildman–Crippen MR) is 82.2 cm³/mol. The summed E-state index contributed by atoms with van der Waals surface area (Å²) >= 11 is 0. The fourth-order valence-electron chi connectivity index (χ4n) is 2.47. The highest BCUT2D eigenvalue weighted by molar-refractivity contribution is 5.94. The molecule has 1 aliphatic rings. The van der Waals surface area contributed by atoms with E-state index in [0.29, 0.717) is 31.9 Å².